The summed E-state index contributed by atoms with van der Waals surface area (Å²) in [6.07, 6.45) is -3.67. The fourth-order valence-electron chi connectivity index (χ4n) is 4.48. The molecule has 2 saturated heterocycles. The summed E-state index contributed by atoms with van der Waals surface area (Å²) in [6.45, 7) is 7.40. The molecule has 2 aromatic rings. The van der Waals surface area contributed by atoms with Crippen molar-refractivity contribution in [3.63, 3.8) is 0 Å². The Labute approximate surface area is 224 Å². The van der Waals surface area contributed by atoms with Gasteiger partial charge in [0, 0.05) is 0 Å². The molecule has 6 atom stereocenters. The number of furan rings is 2. The Bertz CT molecular complexity index is 1090. The van der Waals surface area contributed by atoms with E-state index in [0.717, 1.165) is 0 Å². The molecule has 0 spiro atoms. The number of aryl methyl sites for hydroxylation is 2. The number of esters is 2. The highest BCUT2D eigenvalue weighted by atomic mass is 32.1. The third-order valence-corrected chi connectivity index (χ3v) is 6.65. The summed E-state index contributed by atoms with van der Waals surface area (Å²) >= 11 is 5.40. The topological polar surface area (TPSA) is 162 Å². The predicted octanol–water partition coefficient (Wildman–Crippen LogP) is 1.61. The number of nitrogens with one attached hydrogen (secondary N) is 2. The lowest BCUT2D eigenvalue weighted by atomic mass is 10.1. The second-order valence-corrected chi connectivity index (χ2v) is 9.41. The van der Waals surface area contributed by atoms with Crippen LogP contribution in [0.25, 0.3) is 0 Å². The Morgan fingerprint density at radius 3 is 1.63 bits per heavy atom. The molecular formula is C25H32N2O10S. The van der Waals surface area contributed by atoms with Gasteiger partial charge in [-0.2, -0.15) is 0 Å². The summed E-state index contributed by atoms with van der Waals surface area (Å²) in [4.78, 5) is 24.2. The van der Waals surface area contributed by atoms with Crippen molar-refractivity contribution in [1.82, 2.24) is 10.6 Å². The highest BCUT2D eigenvalue weighted by Crippen LogP contribution is 2.34. The van der Waals surface area contributed by atoms with Crippen LogP contribution < -0.4 is 10.6 Å². The third kappa shape index (κ3) is 5.71. The Kier molecular flexibility index (Phi) is 8.73. The zero-order chi connectivity index (χ0) is 27.6. The number of rotatable bonds is 8. The van der Waals surface area contributed by atoms with Crippen molar-refractivity contribution in [2.75, 3.05) is 26.4 Å². The SMILES string of the molecule is CCOC(=O)c1cc([C@@H]2OC[C@H](NC(=S)N[C@H]3CO[C@@H](c4cc(C(=O)OCC)c(C)o4)[C@@H]3O)[C@H]2O)oc1C. The van der Waals surface area contributed by atoms with E-state index in [9.17, 15) is 19.8 Å². The third-order valence-electron chi connectivity index (χ3n) is 6.41. The molecule has 0 radical (unpaired) electrons. The van der Waals surface area contributed by atoms with E-state index in [1.807, 2.05) is 0 Å². The number of hydrogen-bond acceptors (Lipinski definition) is 11. The van der Waals surface area contributed by atoms with Crippen LogP contribution in [-0.2, 0) is 18.9 Å². The van der Waals surface area contributed by atoms with E-state index in [-0.39, 0.29) is 42.7 Å². The number of ether oxygens (including phenoxy) is 4. The Balaban J connectivity index is 1.33. The molecule has 13 heteroatoms. The smallest absolute Gasteiger partial charge is 0.341 e. The van der Waals surface area contributed by atoms with Crippen LogP contribution in [0.1, 0.15) is 69.8 Å². The summed E-state index contributed by atoms with van der Waals surface area (Å²) < 4.78 is 32.8. The van der Waals surface area contributed by atoms with Crippen LogP contribution in [0.15, 0.2) is 21.0 Å². The Hall–Kier alpha value is -2.97. The van der Waals surface area contributed by atoms with Gasteiger partial charge in [-0.05, 0) is 52.0 Å². The quantitative estimate of drug-likeness (QED) is 0.276. The molecule has 2 aromatic heterocycles. The largest absolute Gasteiger partial charge is 0.463 e. The molecule has 208 valence electrons. The van der Waals surface area contributed by atoms with Gasteiger partial charge in [0.2, 0.25) is 0 Å². The van der Waals surface area contributed by atoms with Crippen LogP contribution in [0, 0.1) is 13.8 Å². The number of thiocarbonyl (C=S) groups is 1. The Morgan fingerprint density at radius 1 is 0.868 bits per heavy atom. The van der Waals surface area contributed by atoms with Crippen molar-refractivity contribution < 1.29 is 47.6 Å². The second kappa shape index (κ2) is 11.8. The molecule has 0 unspecified atom stereocenters. The van der Waals surface area contributed by atoms with Crippen molar-refractivity contribution >= 4 is 29.3 Å². The summed E-state index contributed by atoms with van der Waals surface area (Å²) in [5, 5.41) is 27.8. The minimum atomic E-state index is -1.03. The van der Waals surface area contributed by atoms with Crippen LogP contribution in [0.3, 0.4) is 0 Å². The van der Waals surface area contributed by atoms with Gasteiger partial charge in [0.15, 0.2) is 5.11 Å². The molecular weight excluding hydrogens is 520 g/mol. The fraction of sp³-hybridized carbons (Fsp3) is 0.560. The monoisotopic (exact) mass is 552 g/mol. The summed E-state index contributed by atoms with van der Waals surface area (Å²) in [7, 11) is 0. The molecule has 0 saturated carbocycles. The van der Waals surface area contributed by atoms with E-state index in [2.05, 4.69) is 10.6 Å². The lowest BCUT2D eigenvalue weighted by Crippen LogP contribution is -2.52. The van der Waals surface area contributed by atoms with Gasteiger partial charge in [0.05, 0.1) is 38.5 Å². The van der Waals surface area contributed by atoms with Crippen LogP contribution in [0.5, 0.6) is 0 Å². The second-order valence-electron chi connectivity index (χ2n) is 9.00. The zero-order valence-corrected chi connectivity index (χ0v) is 22.3. The summed E-state index contributed by atoms with van der Waals surface area (Å²) in [6, 6.07) is 1.87. The predicted molar refractivity (Wildman–Crippen MR) is 135 cm³/mol. The van der Waals surface area contributed by atoms with Gasteiger partial charge in [-0.1, -0.05) is 0 Å². The molecule has 2 aliphatic heterocycles. The first kappa shape index (κ1) is 28.0. The first-order valence-electron chi connectivity index (χ1n) is 12.4. The molecule has 4 heterocycles. The van der Waals surface area contributed by atoms with Crippen LogP contribution in [0.2, 0.25) is 0 Å². The first-order valence-corrected chi connectivity index (χ1v) is 12.8. The van der Waals surface area contributed by atoms with E-state index >= 15 is 0 Å². The number of aliphatic hydroxyl groups excluding tert-OH is 2. The van der Waals surface area contributed by atoms with Crippen LogP contribution in [0.4, 0.5) is 0 Å². The maximum atomic E-state index is 12.1. The fourth-order valence-corrected chi connectivity index (χ4v) is 4.78. The maximum absolute atomic E-state index is 12.1. The van der Waals surface area contributed by atoms with Crippen LogP contribution in [-0.4, -0.2) is 78.0 Å². The highest BCUT2D eigenvalue weighted by Gasteiger charge is 2.42. The zero-order valence-electron chi connectivity index (χ0n) is 21.5. The maximum Gasteiger partial charge on any atom is 0.341 e. The van der Waals surface area contributed by atoms with Gasteiger partial charge in [0.25, 0.3) is 0 Å². The van der Waals surface area contributed by atoms with Gasteiger partial charge < -0.3 is 48.6 Å². The number of hydrogen-bond donors (Lipinski definition) is 4. The van der Waals surface area contributed by atoms with E-state index in [0.29, 0.717) is 23.0 Å². The molecule has 0 aromatic carbocycles. The van der Waals surface area contributed by atoms with E-state index in [1.54, 1.807) is 27.7 Å². The Morgan fingerprint density at radius 2 is 1.26 bits per heavy atom. The normalized spacial score (nSPS) is 26.8. The number of carbonyl (C=O) groups is 2. The van der Waals surface area contributed by atoms with Gasteiger partial charge in [-0.25, -0.2) is 9.59 Å². The van der Waals surface area contributed by atoms with Crippen molar-refractivity contribution in [2.45, 2.75) is 64.2 Å². The molecule has 0 aliphatic carbocycles. The van der Waals surface area contributed by atoms with Crippen molar-refractivity contribution in [2.24, 2.45) is 0 Å². The van der Waals surface area contributed by atoms with Crippen molar-refractivity contribution in [1.29, 1.82) is 0 Å². The van der Waals surface area contributed by atoms with E-state index in [1.165, 1.54) is 12.1 Å². The van der Waals surface area contributed by atoms with Gasteiger partial charge >= 0.3 is 11.9 Å². The van der Waals surface area contributed by atoms with Gasteiger partial charge in [-0.15, -0.1) is 0 Å². The van der Waals surface area contributed by atoms with Gasteiger partial charge in [-0.3, -0.25) is 0 Å². The number of carbonyl (C=O) groups excluding carboxylic acids is 2. The average Bonchev–Trinajstić information content (AvgIpc) is 3.62. The number of aliphatic hydroxyl groups is 2. The average molecular weight is 553 g/mol. The standard InChI is InChI=1S/C25H32N2O10S/c1-5-32-23(30)13-7-17(36-11(13)3)21-19(28)15(9-34-21)26-25(38)27-16-10-35-22(20(16)29)18-8-14(12(4)37-18)24(31)33-6-2/h7-8,15-16,19-22,28-29H,5-6,9-10H2,1-4H3,(H2,26,27,38)/t15-,16-,19+,20+,21-,22-/m0/s1. The molecule has 4 N–H and O–H groups in total. The molecule has 2 aliphatic rings. The highest BCUT2D eigenvalue weighted by molar-refractivity contribution is 7.80. The van der Waals surface area contributed by atoms with Gasteiger partial charge in [0.1, 0.15) is 58.6 Å². The first-order chi connectivity index (χ1) is 18.1. The van der Waals surface area contributed by atoms with E-state index < -0.39 is 48.4 Å². The molecule has 0 amide bonds. The van der Waals surface area contributed by atoms with Crippen molar-refractivity contribution in [3.05, 3.63) is 46.3 Å². The lowest BCUT2D eigenvalue weighted by molar-refractivity contribution is 0.0251. The molecule has 38 heavy (non-hydrogen) atoms. The van der Waals surface area contributed by atoms with Crippen LogP contribution >= 0.6 is 12.2 Å². The summed E-state index contributed by atoms with van der Waals surface area (Å²) in [5.74, 6) is 0.330. The molecule has 0 bridgehead atoms. The van der Waals surface area contributed by atoms with Crippen molar-refractivity contribution in [3.8, 4) is 0 Å². The van der Waals surface area contributed by atoms with E-state index in [4.69, 9.17) is 40.0 Å². The minimum Gasteiger partial charge on any atom is -0.463 e. The molecule has 12 nitrogen and oxygen atoms in total. The molecule has 2 fully saturated rings. The summed E-state index contributed by atoms with van der Waals surface area (Å²) in [5.41, 5.74) is 0.550. The minimum absolute atomic E-state index is 0.122. The molecule has 4 rings (SSSR count). The lowest BCUT2D eigenvalue weighted by Gasteiger charge is -2.23.